The zero-order valence-electron chi connectivity index (χ0n) is 12.7. The highest BCUT2D eigenvalue weighted by molar-refractivity contribution is 8.16. The van der Waals surface area contributed by atoms with E-state index < -0.39 is 17.7 Å². The lowest BCUT2D eigenvalue weighted by Gasteiger charge is -2.21. The van der Waals surface area contributed by atoms with Crippen LogP contribution in [0.1, 0.15) is 27.7 Å². The highest BCUT2D eigenvalue weighted by Crippen LogP contribution is 2.10. The molecule has 0 aromatic heterocycles. The van der Waals surface area contributed by atoms with Gasteiger partial charge >= 0.3 is 6.09 Å². The smallest absolute Gasteiger partial charge is 0.408 e. The monoisotopic (exact) mass is 318 g/mol. The molecule has 0 radical (unpaired) electrons. The summed E-state index contributed by atoms with van der Waals surface area (Å²) in [5, 5.41) is 12.2. The van der Waals surface area contributed by atoms with Crippen molar-refractivity contribution in [2.75, 3.05) is 13.2 Å². The van der Waals surface area contributed by atoms with Gasteiger partial charge in [0.2, 0.25) is 11.5 Å². The number of rotatable bonds is 7. The fourth-order valence-corrected chi connectivity index (χ4v) is 1.71. The molecule has 0 aliphatic carbocycles. The van der Waals surface area contributed by atoms with Crippen molar-refractivity contribution in [3.05, 3.63) is 11.6 Å². The second kappa shape index (κ2) is 9.41. The van der Waals surface area contributed by atoms with Gasteiger partial charge in [0.25, 0.3) is 0 Å². The predicted octanol–water partition coefficient (Wildman–Crippen LogP) is 1.08. The number of hydrogen-bond acceptors (Lipinski definition) is 6. The number of alkyl carbamates (subject to hydrolysis) is 1. The number of amides is 2. The van der Waals surface area contributed by atoms with Gasteiger partial charge in [-0.2, -0.15) is 0 Å². The quantitative estimate of drug-likeness (QED) is 0.682. The number of nitrogens with zero attached hydrogens (tertiary/aromatic N) is 1. The highest BCUT2D eigenvalue weighted by atomic mass is 32.2. The van der Waals surface area contributed by atoms with Crippen LogP contribution in [0.2, 0.25) is 0 Å². The Morgan fingerprint density at radius 1 is 1.43 bits per heavy atom. The number of hydrogen-bond donors (Lipinski definition) is 2. The number of ether oxygens (including phenoxy) is 1. The van der Waals surface area contributed by atoms with Gasteiger partial charge in [0, 0.05) is 12.7 Å². The normalized spacial score (nSPS) is 12.8. The second-order valence-corrected chi connectivity index (χ2v) is 6.07. The Morgan fingerprint density at radius 2 is 2.05 bits per heavy atom. The minimum absolute atomic E-state index is 0.153. The van der Waals surface area contributed by atoms with Crippen molar-refractivity contribution in [3.8, 4) is 0 Å². The molecule has 0 aromatic carbocycles. The van der Waals surface area contributed by atoms with Crippen LogP contribution in [-0.4, -0.2) is 52.4 Å². The van der Waals surface area contributed by atoms with E-state index in [0.29, 0.717) is 6.41 Å². The molecule has 2 N–H and O–H groups in total. The Kier molecular flexibility index (Phi) is 8.72. The van der Waals surface area contributed by atoms with Gasteiger partial charge in [-0.15, -0.1) is 0 Å². The molecule has 0 aliphatic heterocycles. The summed E-state index contributed by atoms with van der Waals surface area (Å²) >= 11 is 0.842. The van der Waals surface area contributed by atoms with Crippen molar-refractivity contribution in [1.29, 1.82) is 0 Å². The van der Waals surface area contributed by atoms with E-state index in [-0.39, 0.29) is 18.3 Å². The van der Waals surface area contributed by atoms with Gasteiger partial charge in [-0.1, -0.05) is 11.8 Å². The number of carbonyl (C=O) groups is 3. The van der Waals surface area contributed by atoms with Crippen molar-refractivity contribution in [1.82, 2.24) is 10.2 Å². The number of aliphatic hydroxyl groups is 1. The Labute approximate surface area is 128 Å². The molecule has 21 heavy (non-hydrogen) atoms. The van der Waals surface area contributed by atoms with Crippen LogP contribution in [0.3, 0.4) is 0 Å². The zero-order valence-corrected chi connectivity index (χ0v) is 13.5. The molecular weight excluding hydrogens is 296 g/mol. The Morgan fingerprint density at radius 3 is 2.52 bits per heavy atom. The van der Waals surface area contributed by atoms with Crippen LogP contribution in [-0.2, 0) is 14.3 Å². The minimum atomic E-state index is -0.725. The van der Waals surface area contributed by atoms with Crippen LogP contribution in [0, 0.1) is 0 Å². The van der Waals surface area contributed by atoms with Gasteiger partial charge in [0.15, 0.2) is 0 Å². The highest BCUT2D eigenvalue weighted by Gasteiger charge is 2.20. The number of thioether (sulfide) groups is 1. The topological polar surface area (TPSA) is 95.9 Å². The molecule has 0 aliphatic rings. The maximum atomic E-state index is 11.8. The third kappa shape index (κ3) is 9.91. The van der Waals surface area contributed by atoms with Crippen molar-refractivity contribution in [2.24, 2.45) is 0 Å². The SMILES string of the molecule is CC(NC(=O)OC(C)(C)C)C(=O)S/C=C/N(C=O)CCO. The average Bonchev–Trinajstić information content (AvgIpc) is 2.34. The molecule has 1 unspecified atom stereocenters. The van der Waals surface area contributed by atoms with Crippen LogP contribution in [0.5, 0.6) is 0 Å². The first kappa shape index (κ1) is 19.5. The Balaban J connectivity index is 4.24. The number of carbonyl (C=O) groups excluding carboxylic acids is 3. The summed E-state index contributed by atoms with van der Waals surface area (Å²) in [6, 6.07) is -0.725. The number of aliphatic hydroxyl groups excluding tert-OH is 1. The molecular formula is C13H22N2O5S. The molecule has 0 heterocycles. The van der Waals surface area contributed by atoms with Crippen molar-refractivity contribution < 1.29 is 24.2 Å². The predicted molar refractivity (Wildman–Crippen MR) is 80.4 cm³/mol. The third-order valence-electron chi connectivity index (χ3n) is 2.02. The van der Waals surface area contributed by atoms with E-state index in [4.69, 9.17) is 9.84 Å². The molecule has 0 saturated heterocycles. The molecule has 120 valence electrons. The van der Waals surface area contributed by atoms with Crippen LogP contribution >= 0.6 is 11.8 Å². The lowest BCUT2D eigenvalue weighted by atomic mass is 10.2. The maximum Gasteiger partial charge on any atom is 0.408 e. The van der Waals surface area contributed by atoms with Crippen molar-refractivity contribution in [2.45, 2.75) is 39.3 Å². The van der Waals surface area contributed by atoms with Crippen molar-refractivity contribution in [3.63, 3.8) is 0 Å². The Hall–Kier alpha value is -1.54. The molecule has 8 heteroatoms. The summed E-state index contributed by atoms with van der Waals surface area (Å²) in [6.07, 6.45) is 1.26. The summed E-state index contributed by atoms with van der Waals surface area (Å²) in [4.78, 5) is 35.0. The van der Waals surface area contributed by atoms with Crippen LogP contribution < -0.4 is 5.32 Å². The van der Waals surface area contributed by atoms with Gasteiger partial charge < -0.3 is 20.1 Å². The number of nitrogens with one attached hydrogen (secondary N) is 1. The molecule has 1 atom stereocenters. The summed E-state index contributed by atoms with van der Waals surface area (Å²) in [7, 11) is 0. The fourth-order valence-electron chi connectivity index (χ4n) is 1.10. The zero-order chi connectivity index (χ0) is 16.5. The third-order valence-corrected chi connectivity index (χ3v) is 2.86. The molecule has 0 rings (SSSR count). The van der Waals surface area contributed by atoms with E-state index >= 15 is 0 Å². The largest absolute Gasteiger partial charge is 0.444 e. The van der Waals surface area contributed by atoms with Gasteiger partial charge in [-0.3, -0.25) is 9.59 Å². The van der Waals surface area contributed by atoms with Crippen LogP contribution in [0.25, 0.3) is 0 Å². The molecule has 0 spiro atoms. The molecule has 0 saturated carbocycles. The van der Waals surface area contributed by atoms with Gasteiger partial charge in [0.1, 0.15) is 5.60 Å². The standard InChI is InChI=1S/C13H22N2O5S/c1-10(14-12(19)20-13(2,3)4)11(18)21-8-6-15(9-17)5-7-16/h6,8-10,16H,5,7H2,1-4H3,(H,14,19)/b8-6+. The van der Waals surface area contributed by atoms with Crippen molar-refractivity contribution >= 4 is 29.4 Å². The summed E-state index contributed by atoms with van der Waals surface area (Å²) in [6.45, 7) is 6.71. The minimum Gasteiger partial charge on any atom is -0.444 e. The fraction of sp³-hybridized carbons (Fsp3) is 0.615. The first-order valence-electron chi connectivity index (χ1n) is 6.38. The van der Waals surface area contributed by atoms with Gasteiger partial charge in [0.05, 0.1) is 12.6 Å². The van der Waals surface area contributed by atoms with E-state index in [1.54, 1.807) is 20.8 Å². The Bertz CT molecular complexity index is 393. The summed E-state index contributed by atoms with van der Waals surface area (Å²) < 4.78 is 5.04. The van der Waals surface area contributed by atoms with E-state index in [0.717, 1.165) is 11.8 Å². The molecule has 7 nitrogen and oxygen atoms in total. The lowest BCUT2D eigenvalue weighted by Crippen LogP contribution is -2.40. The molecule has 2 amide bonds. The lowest BCUT2D eigenvalue weighted by molar-refractivity contribution is -0.116. The first-order valence-corrected chi connectivity index (χ1v) is 7.26. The molecule has 0 bridgehead atoms. The van der Waals surface area contributed by atoms with Crippen LogP contribution in [0.4, 0.5) is 4.79 Å². The molecule has 0 aromatic rings. The summed E-state index contributed by atoms with van der Waals surface area (Å²) in [5.41, 5.74) is -0.630. The van der Waals surface area contributed by atoms with E-state index in [1.165, 1.54) is 23.4 Å². The summed E-state index contributed by atoms with van der Waals surface area (Å²) in [5.74, 6) is 0. The van der Waals surface area contributed by atoms with E-state index in [9.17, 15) is 14.4 Å². The second-order valence-electron chi connectivity index (χ2n) is 5.16. The van der Waals surface area contributed by atoms with E-state index in [2.05, 4.69) is 5.32 Å². The maximum absolute atomic E-state index is 11.8. The first-order chi connectivity index (χ1) is 9.69. The van der Waals surface area contributed by atoms with Gasteiger partial charge in [-0.05, 0) is 33.1 Å². The van der Waals surface area contributed by atoms with Crippen LogP contribution in [0.15, 0.2) is 11.6 Å². The van der Waals surface area contributed by atoms with E-state index in [1.807, 2.05) is 0 Å². The molecule has 0 fully saturated rings. The van der Waals surface area contributed by atoms with Gasteiger partial charge in [-0.25, -0.2) is 4.79 Å². The average molecular weight is 318 g/mol.